The summed E-state index contributed by atoms with van der Waals surface area (Å²) < 4.78 is 38.2. The maximum absolute atomic E-state index is 12.7. The number of benzene rings is 1. The fraction of sp³-hybridized carbons (Fsp3) is 0.182. The molecule has 1 aromatic heterocycles. The highest BCUT2D eigenvalue weighted by Gasteiger charge is 2.18. The van der Waals surface area contributed by atoms with E-state index in [1.165, 1.54) is 0 Å². The molecule has 102 valence electrons. The Morgan fingerprint density at radius 3 is 2.53 bits per heavy atom. The summed E-state index contributed by atoms with van der Waals surface area (Å²) in [5, 5.41) is 0.767. The van der Waals surface area contributed by atoms with Crippen LogP contribution >= 0.6 is 10.7 Å². The van der Waals surface area contributed by atoms with Gasteiger partial charge in [-0.15, -0.1) is 0 Å². The molecule has 0 amide bonds. The van der Waals surface area contributed by atoms with Gasteiger partial charge in [-0.3, -0.25) is 4.98 Å². The number of hydrogen-bond donors (Lipinski definition) is 0. The highest BCUT2D eigenvalue weighted by molar-refractivity contribution is 8.17. The topological polar surface area (TPSA) is 76.5 Å². The fourth-order valence-electron chi connectivity index (χ4n) is 1.73. The molecule has 8 heteroatoms. The number of rotatable bonds is 3. The van der Waals surface area contributed by atoms with Crippen LogP contribution in [-0.2, 0) is 19.0 Å². The Labute approximate surface area is 116 Å². The van der Waals surface area contributed by atoms with Crippen LogP contribution in [0.15, 0.2) is 45.2 Å². The lowest BCUT2D eigenvalue weighted by molar-refractivity contribution is 0.611. The van der Waals surface area contributed by atoms with Crippen LogP contribution in [0.2, 0.25) is 0 Å². The fourth-order valence-corrected chi connectivity index (χ4v) is 5.51. The molecule has 0 N–H and O–H groups in total. The summed E-state index contributed by atoms with van der Waals surface area (Å²) in [4.78, 5) is 4.44. The van der Waals surface area contributed by atoms with Gasteiger partial charge < -0.3 is 0 Å². The smallest absolute Gasteiger partial charge is 0.255 e. The first-order chi connectivity index (χ1) is 8.86. The van der Waals surface area contributed by atoms with E-state index in [1.54, 1.807) is 43.5 Å². The van der Waals surface area contributed by atoms with Crippen molar-refractivity contribution in [3.63, 3.8) is 0 Å². The second-order valence-corrected chi connectivity index (χ2v) is 8.64. The number of pyridine rings is 1. The zero-order chi connectivity index (χ0) is 14.1. The van der Waals surface area contributed by atoms with Crippen LogP contribution in [0.5, 0.6) is 0 Å². The van der Waals surface area contributed by atoms with Crippen LogP contribution in [-0.4, -0.2) is 23.4 Å². The standard InChI is InChI=1S/C11H11ClN2O3S2/c1-2-18(15,14-19(12,16)17)10-7-3-5-9-6-4-8-13-11(9)10/h3-8H,2H2,1H3/t18-/m0/s1. The molecule has 0 aliphatic heterocycles. The van der Waals surface area contributed by atoms with Gasteiger partial charge >= 0.3 is 9.24 Å². The van der Waals surface area contributed by atoms with Crippen molar-refractivity contribution >= 4 is 40.6 Å². The Balaban J connectivity index is 2.88. The largest absolute Gasteiger partial charge is 0.347 e. The van der Waals surface area contributed by atoms with Gasteiger partial charge in [0, 0.05) is 28.0 Å². The molecule has 0 saturated carbocycles. The zero-order valence-corrected chi connectivity index (χ0v) is 12.4. The highest BCUT2D eigenvalue weighted by Crippen LogP contribution is 2.24. The maximum Gasteiger partial charge on any atom is 0.347 e. The molecule has 0 aliphatic carbocycles. The number of hydrogen-bond acceptors (Lipinski definition) is 4. The van der Waals surface area contributed by atoms with E-state index < -0.39 is 19.0 Å². The van der Waals surface area contributed by atoms with Gasteiger partial charge in [-0.05, 0) is 12.1 Å². The van der Waals surface area contributed by atoms with Crippen LogP contribution in [0.25, 0.3) is 10.9 Å². The van der Waals surface area contributed by atoms with E-state index in [1.807, 2.05) is 0 Å². The Morgan fingerprint density at radius 1 is 1.21 bits per heavy atom. The third kappa shape index (κ3) is 3.05. The lowest BCUT2D eigenvalue weighted by Crippen LogP contribution is -2.07. The second-order valence-electron chi connectivity index (χ2n) is 3.75. The van der Waals surface area contributed by atoms with E-state index in [2.05, 4.69) is 8.75 Å². The van der Waals surface area contributed by atoms with Gasteiger partial charge in [0.05, 0.1) is 20.1 Å². The van der Waals surface area contributed by atoms with Crippen LogP contribution in [0.1, 0.15) is 6.92 Å². The molecule has 1 atom stereocenters. The number of nitrogens with zero attached hydrogens (tertiary/aromatic N) is 2. The third-order valence-corrected chi connectivity index (χ3v) is 6.52. The molecule has 0 saturated heterocycles. The number of halogens is 1. The Morgan fingerprint density at radius 2 is 1.89 bits per heavy atom. The van der Waals surface area contributed by atoms with E-state index >= 15 is 0 Å². The van der Waals surface area contributed by atoms with Crippen molar-refractivity contribution in [2.75, 3.05) is 5.75 Å². The van der Waals surface area contributed by atoms with E-state index in [0.717, 1.165) is 5.39 Å². The predicted molar refractivity (Wildman–Crippen MR) is 75.9 cm³/mol. The minimum atomic E-state index is -4.22. The molecule has 0 fully saturated rings. The predicted octanol–water partition coefficient (Wildman–Crippen LogP) is 2.57. The van der Waals surface area contributed by atoms with Crippen molar-refractivity contribution in [1.29, 1.82) is 0 Å². The van der Waals surface area contributed by atoms with E-state index in [-0.39, 0.29) is 10.6 Å². The van der Waals surface area contributed by atoms with Crippen molar-refractivity contribution in [3.05, 3.63) is 36.5 Å². The summed E-state index contributed by atoms with van der Waals surface area (Å²) in [6.45, 7) is 1.59. The Bertz CT molecular complexity index is 835. The van der Waals surface area contributed by atoms with Crippen molar-refractivity contribution in [2.45, 2.75) is 11.8 Å². The first-order valence-corrected chi connectivity index (χ1v) is 9.35. The van der Waals surface area contributed by atoms with Gasteiger partial charge in [-0.2, -0.15) is 8.42 Å². The van der Waals surface area contributed by atoms with E-state index in [0.29, 0.717) is 5.52 Å². The van der Waals surface area contributed by atoms with Gasteiger partial charge in [0.25, 0.3) is 0 Å². The summed E-state index contributed by atoms with van der Waals surface area (Å²) in [5.41, 5.74) is 0.473. The molecule has 2 rings (SSSR count). The molecule has 1 aromatic carbocycles. The van der Waals surface area contributed by atoms with E-state index in [9.17, 15) is 12.6 Å². The molecule has 5 nitrogen and oxygen atoms in total. The first-order valence-electron chi connectivity index (χ1n) is 5.40. The number of fused-ring (bicyclic) bond motifs is 1. The SMILES string of the molecule is CC[S@@](=O)(=NS(=O)(=O)Cl)c1cccc2cccnc12. The highest BCUT2D eigenvalue weighted by atomic mass is 35.7. The van der Waals surface area contributed by atoms with Gasteiger partial charge in [-0.1, -0.05) is 28.9 Å². The van der Waals surface area contributed by atoms with Crippen LogP contribution in [0.4, 0.5) is 0 Å². The van der Waals surface area contributed by atoms with Crippen molar-refractivity contribution < 1.29 is 12.6 Å². The lowest BCUT2D eigenvalue weighted by atomic mass is 10.2. The number of aromatic nitrogens is 1. The molecular weight excluding hydrogens is 308 g/mol. The number of para-hydroxylation sites is 1. The maximum atomic E-state index is 12.7. The molecular formula is C11H11ClN2O3S2. The first kappa shape index (κ1) is 14.2. The summed E-state index contributed by atoms with van der Waals surface area (Å²) >= 11 is 0. The third-order valence-electron chi connectivity index (χ3n) is 2.54. The Hall–Kier alpha value is -1.18. The normalized spacial score (nSPS) is 15.1. The molecule has 0 unspecified atom stereocenters. The van der Waals surface area contributed by atoms with Crippen LogP contribution in [0, 0.1) is 0 Å². The summed E-state index contributed by atoms with van der Waals surface area (Å²) in [7, 11) is -2.26. The average Bonchev–Trinajstić information content (AvgIpc) is 2.36. The van der Waals surface area contributed by atoms with Crippen molar-refractivity contribution in [2.24, 2.45) is 3.77 Å². The van der Waals surface area contributed by atoms with E-state index in [4.69, 9.17) is 10.7 Å². The van der Waals surface area contributed by atoms with Crippen molar-refractivity contribution in [1.82, 2.24) is 4.98 Å². The molecule has 0 bridgehead atoms. The minimum absolute atomic E-state index is 0.0363. The molecule has 0 aliphatic rings. The van der Waals surface area contributed by atoms with Gasteiger partial charge in [0.2, 0.25) is 0 Å². The second kappa shape index (κ2) is 5.07. The van der Waals surface area contributed by atoms with Crippen LogP contribution < -0.4 is 0 Å². The molecule has 19 heavy (non-hydrogen) atoms. The zero-order valence-electron chi connectivity index (χ0n) is 9.98. The molecule has 1 heterocycles. The summed E-state index contributed by atoms with van der Waals surface area (Å²) in [5.74, 6) is 0.0363. The van der Waals surface area contributed by atoms with Gasteiger partial charge in [-0.25, -0.2) is 4.21 Å². The summed E-state index contributed by atoms with van der Waals surface area (Å²) in [6, 6.07) is 8.60. The molecule has 2 aromatic rings. The van der Waals surface area contributed by atoms with Crippen molar-refractivity contribution in [3.8, 4) is 0 Å². The van der Waals surface area contributed by atoms with Gasteiger partial charge in [0.1, 0.15) is 0 Å². The van der Waals surface area contributed by atoms with Gasteiger partial charge in [0.15, 0.2) is 0 Å². The summed E-state index contributed by atoms with van der Waals surface area (Å²) in [6.07, 6.45) is 1.55. The molecule has 0 spiro atoms. The lowest BCUT2D eigenvalue weighted by Gasteiger charge is -2.09. The van der Waals surface area contributed by atoms with Crippen LogP contribution in [0.3, 0.4) is 0 Å². The minimum Gasteiger partial charge on any atom is -0.255 e. The molecule has 0 radical (unpaired) electrons. The monoisotopic (exact) mass is 318 g/mol. The Kier molecular flexibility index (Phi) is 3.80. The average molecular weight is 319 g/mol. The quantitative estimate of drug-likeness (QED) is 0.815.